The second-order valence-corrected chi connectivity index (χ2v) is 7.75. The van der Waals surface area contributed by atoms with Crippen LogP contribution in [0.15, 0.2) is 42.5 Å². The number of carboxylic acids is 1. The van der Waals surface area contributed by atoms with Gasteiger partial charge in [0.15, 0.2) is 0 Å². The summed E-state index contributed by atoms with van der Waals surface area (Å²) in [7, 11) is 0. The summed E-state index contributed by atoms with van der Waals surface area (Å²) >= 11 is 6.22. The van der Waals surface area contributed by atoms with Gasteiger partial charge < -0.3 is 9.84 Å². The van der Waals surface area contributed by atoms with Gasteiger partial charge in [0.1, 0.15) is 5.75 Å². The first-order valence-electron chi connectivity index (χ1n) is 9.77. The van der Waals surface area contributed by atoms with Gasteiger partial charge in [0, 0.05) is 17.1 Å². The van der Waals surface area contributed by atoms with Crippen LogP contribution >= 0.6 is 11.6 Å². The standard InChI is InChI=1S/C22H23ClF3NO3/c1-2-30-19-9-8-17(23)12-18(19)20(27-10-4-6-15(13-27)21(28)29)14-5-3-7-16(11-14)22(24,25)26/h3,5,7-9,11-12,15,20H,2,4,6,10,13H2,1H3,(H,28,29). The topological polar surface area (TPSA) is 49.8 Å². The number of halogens is 4. The Kier molecular flexibility index (Phi) is 6.93. The fourth-order valence-electron chi connectivity index (χ4n) is 3.93. The maximum Gasteiger partial charge on any atom is 0.416 e. The van der Waals surface area contributed by atoms with Crippen LogP contribution in [0.5, 0.6) is 5.75 Å². The zero-order valence-electron chi connectivity index (χ0n) is 16.5. The molecular formula is C22H23ClF3NO3. The number of hydrogen-bond acceptors (Lipinski definition) is 3. The SMILES string of the molecule is CCOc1ccc(Cl)cc1C(c1cccc(C(F)(F)F)c1)N1CCCC(C(=O)O)C1. The molecule has 1 aliphatic heterocycles. The zero-order valence-corrected chi connectivity index (χ0v) is 17.2. The molecule has 30 heavy (non-hydrogen) atoms. The van der Waals surface area contributed by atoms with Gasteiger partial charge >= 0.3 is 12.1 Å². The van der Waals surface area contributed by atoms with Crippen molar-refractivity contribution in [3.63, 3.8) is 0 Å². The highest BCUT2D eigenvalue weighted by Crippen LogP contribution is 2.40. The van der Waals surface area contributed by atoms with Gasteiger partial charge in [-0.25, -0.2) is 0 Å². The number of hydrogen-bond donors (Lipinski definition) is 1. The molecule has 1 N–H and O–H groups in total. The van der Waals surface area contributed by atoms with Gasteiger partial charge in [0.2, 0.25) is 0 Å². The highest BCUT2D eigenvalue weighted by molar-refractivity contribution is 6.30. The molecule has 0 bridgehead atoms. The van der Waals surface area contributed by atoms with E-state index in [-0.39, 0.29) is 6.54 Å². The van der Waals surface area contributed by atoms with E-state index in [0.717, 1.165) is 12.1 Å². The van der Waals surface area contributed by atoms with Gasteiger partial charge in [-0.1, -0.05) is 23.7 Å². The van der Waals surface area contributed by atoms with Crippen molar-refractivity contribution < 1.29 is 27.8 Å². The third-order valence-corrected chi connectivity index (χ3v) is 5.50. The molecule has 2 aromatic carbocycles. The highest BCUT2D eigenvalue weighted by Gasteiger charge is 2.35. The molecule has 2 unspecified atom stereocenters. The van der Waals surface area contributed by atoms with E-state index in [1.54, 1.807) is 24.3 Å². The van der Waals surface area contributed by atoms with Gasteiger partial charge in [-0.2, -0.15) is 13.2 Å². The van der Waals surface area contributed by atoms with Gasteiger partial charge in [0.25, 0.3) is 0 Å². The quantitative estimate of drug-likeness (QED) is 0.630. The molecule has 2 aromatic rings. The molecule has 1 heterocycles. The second kappa shape index (κ2) is 9.27. The van der Waals surface area contributed by atoms with Crippen molar-refractivity contribution in [1.82, 2.24) is 4.90 Å². The summed E-state index contributed by atoms with van der Waals surface area (Å²) < 4.78 is 45.8. The van der Waals surface area contributed by atoms with Crippen molar-refractivity contribution in [2.24, 2.45) is 5.92 Å². The van der Waals surface area contributed by atoms with E-state index in [1.807, 2.05) is 11.8 Å². The number of nitrogens with zero attached hydrogens (tertiary/aromatic N) is 1. The molecule has 162 valence electrons. The maximum atomic E-state index is 13.4. The van der Waals surface area contributed by atoms with Crippen LogP contribution < -0.4 is 4.74 Å². The highest BCUT2D eigenvalue weighted by atomic mass is 35.5. The lowest BCUT2D eigenvalue weighted by Gasteiger charge is -2.38. The fourth-order valence-corrected chi connectivity index (χ4v) is 4.12. The van der Waals surface area contributed by atoms with Crippen molar-refractivity contribution >= 4 is 17.6 Å². The summed E-state index contributed by atoms with van der Waals surface area (Å²) in [4.78, 5) is 13.5. The normalized spacial score (nSPS) is 18.8. The molecule has 0 aliphatic carbocycles. The van der Waals surface area contributed by atoms with E-state index < -0.39 is 29.7 Å². The van der Waals surface area contributed by atoms with Crippen molar-refractivity contribution in [1.29, 1.82) is 0 Å². The molecule has 0 amide bonds. The molecule has 0 spiro atoms. The lowest BCUT2D eigenvalue weighted by Crippen LogP contribution is -2.41. The number of likely N-dealkylation sites (tertiary alicyclic amines) is 1. The Labute approximate surface area is 178 Å². The average Bonchev–Trinajstić information content (AvgIpc) is 2.70. The first kappa shape index (κ1) is 22.4. The van der Waals surface area contributed by atoms with Gasteiger partial charge in [0.05, 0.1) is 24.1 Å². The zero-order chi connectivity index (χ0) is 21.9. The van der Waals surface area contributed by atoms with Crippen LogP contribution in [-0.4, -0.2) is 35.7 Å². The lowest BCUT2D eigenvalue weighted by molar-refractivity contribution is -0.143. The molecule has 1 aliphatic rings. The Balaban J connectivity index is 2.13. The van der Waals surface area contributed by atoms with Gasteiger partial charge in [-0.15, -0.1) is 0 Å². The van der Waals surface area contributed by atoms with Crippen LogP contribution in [0, 0.1) is 5.92 Å². The van der Waals surface area contributed by atoms with Crippen LogP contribution in [0.3, 0.4) is 0 Å². The van der Waals surface area contributed by atoms with Gasteiger partial charge in [-0.3, -0.25) is 9.69 Å². The van der Waals surface area contributed by atoms with Crippen LogP contribution in [-0.2, 0) is 11.0 Å². The third kappa shape index (κ3) is 5.08. The summed E-state index contributed by atoms with van der Waals surface area (Å²) in [5, 5.41) is 9.92. The molecule has 1 saturated heterocycles. The first-order chi connectivity index (χ1) is 14.2. The Morgan fingerprint density at radius 3 is 2.73 bits per heavy atom. The fraction of sp³-hybridized carbons (Fsp3) is 0.409. The van der Waals surface area contributed by atoms with E-state index in [2.05, 4.69) is 0 Å². The Morgan fingerprint density at radius 1 is 1.30 bits per heavy atom. The van der Waals surface area contributed by atoms with E-state index in [0.29, 0.717) is 47.9 Å². The predicted molar refractivity (Wildman–Crippen MR) is 108 cm³/mol. The number of alkyl halides is 3. The lowest BCUT2D eigenvalue weighted by atomic mass is 9.90. The minimum Gasteiger partial charge on any atom is -0.494 e. The number of carboxylic acid groups (broad SMARTS) is 1. The Bertz CT molecular complexity index is 903. The first-order valence-corrected chi connectivity index (χ1v) is 10.1. The molecule has 3 rings (SSSR count). The summed E-state index contributed by atoms with van der Waals surface area (Å²) in [6, 6.07) is 9.56. The van der Waals surface area contributed by atoms with Crippen molar-refractivity contribution in [2.45, 2.75) is 32.0 Å². The number of rotatable bonds is 6. The summed E-state index contributed by atoms with van der Waals surface area (Å²) in [6.07, 6.45) is -3.31. The number of aliphatic carboxylic acids is 1. The molecule has 0 aromatic heterocycles. The predicted octanol–water partition coefficient (Wildman–Crippen LogP) is 5.64. The number of benzene rings is 2. The van der Waals surface area contributed by atoms with Crippen LogP contribution in [0.25, 0.3) is 0 Å². The van der Waals surface area contributed by atoms with E-state index in [1.165, 1.54) is 6.07 Å². The van der Waals surface area contributed by atoms with E-state index in [9.17, 15) is 23.1 Å². The Hall–Kier alpha value is -2.25. The third-order valence-electron chi connectivity index (χ3n) is 5.26. The monoisotopic (exact) mass is 441 g/mol. The van der Waals surface area contributed by atoms with Gasteiger partial charge in [-0.05, 0) is 62.2 Å². The number of carbonyl (C=O) groups is 1. The minimum atomic E-state index is -4.48. The smallest absolute Gasteiger partial charge is 0.416 e. The van der Waals surface area contributed by atoms with Crippen LogP contribution in [0.1, 0.15) is 42.5 Å². The maximum absolute atomic E-state index is 13.4. The molecular weight excluding hydrogens is 419 g/mol. The largest absolute Gasteiger partial charge is 0.494 e. The van der Waals surface area contributed by atoms with Crippen molar-refractivity contribution in [2.75, 3.05) is 19.7 Å². The summed E-state index contributed by atoms with van der Waals surface area (Å²) in [5.74, 6) is -0.970. The molecule has 0 saturated carbocycles. The van der Waals surface area contributed by atoms with Crippen LogP contribution in [0.2, 0.25) is 5.02 Å². The molecule has 4 nitrogen and oxygen atoms in total. The molecule has 1 fully saturated rings. The van der Waals surface area contributed by atoms with E-state index in [4.69, 9.17) is 16.3 Å². The molecule has 2 atom stereocenters. The second-order valence-electron chi connectivity index (χ2n) is 7.31. The van der Waals surface area contributed by atoms with Crippen molar-refractivity contribution in [3.05, 3.63) is 64.2 Å². The minimum absolute atomic E-state index is 0.230. The van der Waals surface area contributed by atoms with Crippen molar-refractivity contribution in [3.8, 4) is 5.75 Å². The molecule has 8 heteroatoms. The summed E-state index contributed by atoms with van der Waals surface area (Å²) in [6.45, 7) is 2.98. The number of piperidine rings is 1. The molecule has 0 radical (unpaired) electrons. The average molecular weight is 442 g/mol. The number of ether oxygens (including phenoxy) is 1. The van der Waals surface area contributed by atoms with Crippen LogP contribution in [0.4, 0.5) is 13.2 Å². The summed E-state index contributed by atoms with van der Waals surface area (Å²) in [5.41, 5.74) is 0.283. The van der Waals surface area contributed by atoms with E-state index >= 15 is 0 Å². The Morgan fingerprint density at radius 2 is 2.07 bits per heavy atom.